The molecule has 3 rings (SSSR count). The van der Waals surface area contributed by atoms with Crippen molar-refractivity contribution in [1.29, 1.82) is 0 Å². The van der Waals surface area contributed by atoms with Crippen molar-refractivity contribution in [2.45, 2.75) is 27.3 Å². The number of thiazole rings is 1. The molecule has 0 aliphatic rings. The highest BCUT2D eigenvalue weighted by atomic mass is 32.1. The zero-order chi connectivity index (χ0) is 16.6. The number of hydrogen-bond donors (Lipinski definition) is 0. The molecule has 5 nitrogen and oxygen atoms in total. The van der Waals surface area contributed by atoms with Gasteiger partial charge in [0.05, 0.1) is 10.2 Å². The molecule has 0 bridgehead atoms. The number of nitrogens with zero attached hydrogens (tertiary/aromatic N) is 3. The Kier molecular flexibility index (Phi) is 4.00. The van der Waals surface area contributed by atoms with E-state index in [2.05, 4.69) is 42.7 Å². The van der Waals surface area contributed by atoms with Crippen LogP contribution in [0, 0.1) is 20.8 Å². The van der Waals surface area contributed by atoms with E-state index in [-0.39, 0.29) is 5.69 Å². The van der Waals surface area contributed by atoms with E-state index in [1.165, 1.54) is 22.5 Å². The fourth-order valence-corrected chi connectivity index (χ4v) is 3.44. The predicted molar refractivity (Wildman–Crippen MR) is 90.6 cm³/mol. The Hall–Kier alpha value is -2.47. The van der Waals surface area contributed by atoms with Crippen LogP contribution in [0.15, 0.2) is 40.4 Å². The van der Waals surface area contributed by atoms with Crippen LogP contribution in [0.2, 0.25) is 0 Å². The first-order valence-electron chi connectivity index (χ1n) is 7.23. The molecule has 0 spiro atoms. The average molecular weight is 327 g/mol. The van der Waals surface area contributed by atoms with E-state index < -0.39 is 5.91 Å². The average Bonchev–Trinajstić information content (AvgIpc) is 3.06. The van der Waals surface area contributed by atoms with Crippen LogP contribution in [0.1, 0.15) is 27.4 Å². The number of hydrogen-bond acceptors (Lipinski definition) is 4. The third-order valence-corrected chi connectivity index (χ3v) is 4.70. The Morgan fingerprint density at radius 3 is 2.74 bits per heavy atom. The lowest BCUT2D eigenvalue weighted by Gasteiger charge is -2.03. The molecule has 0 atom stereocenters. The highest BCUT2D eigenvalue weighted by Gasteiger charge is 2.12. The highest BCUT2D eigenvalue weighted by Crippen LogP contribution is 2.22. The van der Waals surface area contributed by atoms with Crippen molar-refractivity contribution < 1.29 is 9.32 Å². The molecule has 0 radical (unpaired) electrons. The maximum atomic E-state index is 12.3. The largest absolute Gasteiger partial charge is 0.361 e. The number of benzene rings is 1. The van der Waals surface area contributed by atoms with Gasteiger partial charge < -0.3 is 9.09 Å². The Morgan fingerprint density at radius 2 is 2.09 bits per heavy atom. The van der Waals surface area contributed by atoms with Crippen molar-refractivity contribution in [3.05, 3.63) is 58.2 Å². The molecule has 0 aliphatic heterocycles. The summed E-state index contributed by atoms with van der Waals surface area (Å²) in [5, 5.41) is 3.73. The summed E-state index contributed by atoms with van der Waals surface area (Å²) in [6.45, 7) is 10.3. The van der Waals surface area contributed by atoms with Gasteiger partial charge in [-0.2, -0.15) is 4.99 Å². The number of aromatic nitrogens is 2. The van der Waals surface area contributed by atoms with E-state index in [0.717, 1.165) is 10.2 Å². The van der Waals surface area contributed by atoms with E-state index in [9.17, 15) is 4.79 Å². The number of carbonyl (C=O) groups excluding carboxylic acids is 1. The second-order valence-corrected chi connectivity index (χ2v) is 6.44. The standard InChI is InChI=1S/C17H17N3O2S/c1-5-6-20-14-7-10(2)11(3)8-15(14)23-17(20)18-16(21)13-9-12(4)22-19-13/h5,7-9H,1,6H2,2-4H3. The van der Waals surface area contributed by atoms with Crippen molar-refractivity contribution in [3.63, 3.8) is 0 Å². The topological polar surface area (TPSA) is 60.4 Å². The van der Waals surface area contributed by atoms with Crippen molar-refractivity contribution >= 4 is 27.5 Å². The van der Waals surface area contributed by atoms with Gasteiger partial charge in [-0.3, -0.25) is 4.79 Å². The van der Waals surface area contributed by atoms with Crippen LogP contribution in [0.25, 0.3) is 10.2 Å². The second kappa shape index (κ2) is 5.96. The molecule has 3 aromatic rings. The predicted octanol–water partition coefficient (Wildman–Crippen LogP) is 3.54. The van der Waals surface area contributed by atoms with Crippen molar-refractivity contribution in [2.24, 2.45) is 4.99 Å². The van der Waals surface area contributed by atoms with Gasteiger partial charge >= 0.3 is 5.91 Å². The van der Waals surface area contributed by atoms with E-state index in [0.29, 0.717) is 17.1 Å². The van der Waals surface area contributed by atoms with Crippen LogP contribution in [0.4, 0.5) is 0 Å². The molecule has 0 saturated carbocycles. The molecule has 23 heavy (non-hydrogen) atoms. The number of carbonyl (C=O) groups is 1. The molecule has 0 saturated heterocycles. The van der Waals surface area contributed by atoms with Crippen molar-refractivity contribution in [3.8, 4) is 0 Å². The van der Waals surface area contributed by atoms with Crippen LogP contribution < -0.4 is 4.80 Å². The van der Waals surface area contributed by atoms with Crippen LogP contribution >= 0.6 is 11.3 Å². The van der Waals surface area contributed by atoms with Crippen LogP contribution in [0.5, 0.6) is 0 Å². The summed E-state index contributed by atoms with van der Waals surface area (Å²) >= 11 is 1.49. The molecule has 1 amide bonds. The maximum Gasteiger partial charge on any atom is 0.301 e. The molecule has 2 aromatic heterocycles. The summed E-state index contributed by atoms with van der Waals surface area (Å²) in [6.07, 6.45) is 1.80. The Bertz CT molecular complexity index is 976. The number of allylic oxidation sites excluding steroid dienone is 1. The van der Waals surface area contributed by atoms with Gasteiger partial charge in [0.2, 0.25) is 0 Å². The van der Waals surface area contributed by atoms with Gasteiger partial charge in [-0.25, -0.2) is 0 Å². The van der Waals surface area contributed by atoms with E-state index in [1.807, 2.05) is 4.57 Å². The lowest BCUT2D eigenvalue weighted by molar-refractivity contribution is 0.0989. The maximum absolute atomic E-state index is 12.3. The minimum atomic E-state index is -0.403. The van der Waals surface area contributed by atoms with Gasteiger partial charge in [0, 0.05) is 12.6 Å². The van der Waals surface area contributed by atoms with Gasteiger partial charge in [-0.1, -0.05) is 22.6 Å². The van der Waals surface area contributed by atoms with Crippen LogP contribution in [-0.2, 0) is 6.54 Å². The zero-order valence-corrected chi connectivity index (χ0v) is 14.1. The van der Waals surface area contributed by atoms with E-state index in [1.54, 1.807) is 19.1 Å². The Balaban J connectivity index is 2.19. The second-order valence-electron chi connectivity index (χ2n) is 5.43. The third-order valence-electron chi connectivity index (χ3n) is 3.65. The molecule has 0 N–H and O–H groups in total. The molecule has 2 heterocycles. The zero-order valence-electron chi connectivity index (χ0n) is 13.3. The van der Waals surface area contributed by atoms with E-state index in [4.69, 9.17) is 4.52 Å². The highest BCUT2D eigenvalue weighted by molar-refractivity contribution is 7.16. The first-order valence-corrected chi connectivity index (χ1v) is 8.05. The first-order chi connectivity index (χ1) is 11.0. The molecule has 0 unspecified atom stereocenters. The summed E-state index contributed by atoms with van der Waals surface area (Å²) in [5.74, 6) is 0.185. The number of fused-ring (bicyclic) bond motifs is 1. The van der Waals surface area contributed by atoms with Crippen LogP contribution in [-0.4, -0.2) is 15.6 Å². The molecule has 0 fully saturated rings. The number of aryl methyl sites for hydroxylation is 3. The first kappa shape index (κ1) is 15.4. The normalized spacial score (nSPS) is 12.0. The van der Waals surface area contributed by atoms with Gasteiger partial charge in [0.1, 0.15) is 5.76 Å². The minimum absolute atomic E-state index is 0.220. The molecule has 0 aliphatic carbocycles. The summed E-state index contributed by atoms with van der Waals surface area (Å²) in [5.41, 5.74) is 3.70. The molecule has 1 aromatic carbocycles. The SMILES string of the molecule is C=CCn1c(=NC(=O)c2cc(C)on2)sc2cc(C)c(C)cc21. The fraction of sp³-hybridized carbons (Fsp3) is 0.235. The number of amides is 1. The van der Waals surface area contributed by atoms with Gasteiger partial charge in [0.15, 0.2) is 10.5 Å². The summed E-state index contributed by atoms with van der Waals surface area (Å²) in [4.78, 5) is 17.1. The smallest absolute Gasteiger partial charge is 0.301 e. The van der Waals surface area contributed by atoms with E-state index >= 15 is 0 Å². The Morgan fingerprint density at radius 1 is 1.35 bits per heavy atom. The van der Waals surface area contributed by atoms with Gasteiger partial charge in [0.25, 0.3) is 0 Å². The van der Waals surface area contributed by atoms with Crippen molar-refractivity contribution in [2.75, 3.05) is 0 Å². The fourth-order valence-electron chi connectivity index (χ4n) is 2.32. The van der Waals surface area contributed by atoms with Crippen LogP contribution in [0.3, 0.4) is 0 Å². The molecular weight excluding hydrogens is 310 g/mol. The monoisotopic (exact) mass is 327 g/mol. The summed E-state index contributed by atoms with van der Waals surface area (Å²) in [6, 6.07) is 5.83. The number of rotatable bonds is 3. The van der Waals surface area contributed by atoms with Gasteiger partial charge in [-0.05, 0) is 44.0 Å². The Labute approximate surface area is 137 Å². The quantitative estimate of drug-likeness (QED) is 0.691. The molecule has 118 valence electrons. The third kappa shape index (κ3) is 2.90. The summed E-state index contributed by atoms with van der Waals surface area (Å²) in [7, 11) is 0. The van der Waals surface area contributed by atoms with Crippen molar-refractivity contribution in [1.82, 2.24) is 9.72 Å². The summed E-state index contributed by atoms with van der Waals surface area (Å²) < 4.78 is 8.03. The molecule has 6 heteroatoms. The lowest BCUT2D eigenvalue weighted by Crippen LogP contribution is -2.16. The minimum Gasteiger partial charge on any atom is -0.361 e. The lowest BCUT2D eigenvalue weighted by atomic mass is 10.1. The van der Waals surface area contributed by atoms with Gasteiger partial charge in [-0.15, -0.1) is 6.58 Å². The molecular formula is C17H17N3O2S.